The van der Waals surface area contributed by atoms with Gasteiger partial charge in [0.2, 0.25) is 5.91 Å². The fraction of sp³-hybridized carbons (Fsp3) is 0.556. The number of methoxy groups -OCH3 is 1. The van der Waals surface area contributed by atoms with E-state index in [1.807, 2.05) is 24.3 Å². The molecule has 1 saturated heterocycles. The van der Waals surface area contributed by atoms with Gasteiger partial charge in [0.15, 0.2) is 0 Å². The second-order valence-electron chi connectivity index (χ2n) is 6.25. The summed E-state index contributed by atoms with van der Waals surface area (Å²) in [5, 5.41) is 12.1. The number of carbonyl (C=O) groups excluding carboxylic acids is 1. The SMILES string of the molecule is COc1ccc(CC(C)C(=O)NC(C(=O)O)C2CCCOC2)cc1. The molecule has 1 fully saturated rings. The maximum Gasteiger partial charge on any atom is 0.326 e. The standard InChI is InChI=1S/C18H25NO5/c1-12(10-13-5-7-15(23-2)8-6-13)17(20)19-16(18(21)22)14-4-3-9-24-11-14/h5-8,12,14,16H,3-4,9-11H2,1-2H3,(H,19,20)(H,21,22). The van der Waals surface area contributed by atoms with Crippen molar-refractivity contribution in [1.82, 2.24) is 5.32 Å². The van der Waals surface area contributed by atoms with E-state index in [-0.39, 0.29) is 17.7 Å². The maximum absolute atomic E-state index is 12.4. The molecule has 2 rings (SSSR count). The van der Waals surface area contributed by atoms with E-state index in [9.17, 15) is 14.7 Å². The Hall–Kier alpha value is -2.08. The summed E-state index contributed by atoms with van der Waals surface area (Å²) in [4.78, 5) is 23.9. The van der Waals surface area contributed by atoms with Crippen LogP contribution in [0.5, 0.6) is 5.75 Å². The Morgan fingerprint density at radius 1 is 1.38 bits per heavy atom. The van der Waals surface area contributed by atoms with E-state index in [1.54, 1.807) is 14.0 Å². The fourth-order valence-electron chi connectivity index (χ4n) is 2.91. The average molecular weight is 335 g/mol. The van der Waals surface area contributed by atoms with Crippen LogP contribution in [0.1, 0.15) is 25.3 Å². The van der Waals surface area contributed by atoms with E-state index in [4.69, 9.17) is 9.47 Å². The van der Waals surface area contributed by atoms with Crippen LogP contribution in [0.4, 0.5) is 0 Å². The Balaban J connectivity index is 1.93. The van der Waals surface area contributed by atoms with Gasteiger partial charge in [-0.25, -0.2) is 4.79 Å². The van der Waals surface area contributed by atoms with Crippen LogP contribution in [0.25, 0.3) is 0 Å². The van der Waals surface area contributed by atoms with Crippen molar-refractivity contribution < 1.29 is 24.2 Å². The van der Waals surface area contributed by atoms with Gasteiger partial charge in [0.25, 0.3) is 0 Å². The van der Waals surface area contributed by atoms with E-state index in [2.05, 4.69) is 5.32 Å². The van der Waals surface area contributed by atoms with Crippen molar-refractivity contribution in [3.05, 3.63) is 29.8 Å². The van der Waals surface area contributed by atoms with Crippen LogP contribution in [0.15, 0.2) is 24.3 Å². The number of rotatable bonds is 7. The van der Waals surface area contributed by atoms with Gasteiger partial charge in [0.05, 0.1) is 13.7 Å². The first kappa shape index (κ1) is 18.3. The van der Waals surface area contributed by atoms with Crippen molar-refractivity contribution in [3.63, 3.8) is 0 Å². The summed E-state index contributed by atoms with van der Waals surface area (Å²) in [6.07, 6.45) is 2.12. The number of benzene rings is 1. The third kappa shape index (κ3) is 4.96. The zero-order valence-electron chi connectivity index (χ0n) is 14.2. The van der Waals surface area contributed by atoms with E-state index >= 15 is 0 Å². The Morgan fingerprint density at radius 3 is 2.62 bits per heavy atom. The van der Waals surface area contributed by atoms with E-state index in [0.717, 1.165) is 24.2 Å². The molecule has 0 saturated carbocycles. The van der Waals surface area contributed by atoms with Gasteiger partial charge in [-0.15, -0.1) is 0 Å². The van der Waals surface area contributed by atoms with E-state index < -0.39 is 12.0 Å². The number of hydrogen-bond donors (Lipinski definition) is 2. The molecule has 0 bridgehead atoms. The molecule has 6 nitrogen and oxygen atoms in total. The van der Waals surface area contributed by atoms with Crippen LogP contribution in [0, 0.1) is 11.8 Å². The normalized spacial score (nSPS) is 20.0. The molecule has 6 heteroatoms. The van der Waals surface area contributed by atoms with Gasteiger partial charge in [0.1, 0.15) is 11.8 Å². The van der Waals surface area contributed by atoms with Crippen molar-refractivity contribution in [2.75, 3.05) is 20.3 Å². The minimum Gasteiger partial charge on any atom is -0.497 e. The van der Waals surface area contributed by atoms with Crippen LogP contribution in [-0.2, 0) is 20.7 Å². The van der Waals surface area contributed by atoms with Gasteiger partial charge in [-0.1, -0.05) is 19.1 Å². The Morgan fingerprint density at radius 2 is 2.08 bits per heavy atom. The highest BCUT2D eigenvalue weighted by Gasteiger charge is 2.32. The lowest BCUT2D eigenvalue weighted by molar-refractivity contribution is -0.145. The van der Waals surface area contributed by atoms with Crippen LogP contribution < -0.4 is 10.1 Å². The molecule has 0 spiro atoms. The second kappa shape index (κ2) is 8.68. The molecular weight excluding hydrogens is 310 g/mol. The van der Waals surface area contributed by atoms with Crippen molar-refractivity contribution in [2.45, 2.75) is 32.2 Å². The first-order chi connectivity index (χ1) is 11.5. The summed E-state index contributed by atoms with van der Waals surface area (Å²) in [5.74, 6) is -0.975. The number of carbonyl (C=O) groups is 2. The number of nitrogens with one attached hydrogen (secondary N) is 1. The van der Waals surface area contributed by atoms with Crippen molar-refractivity contribution in [3.8, 4) is 5.75 Å². The van der Waals surface area contributed by atoms with Crippen LogP contribution in [0.2, 0.25) is 0 Å². The minimum atomic E-state index is -1.00. The predicted octanol–water partition coefficient (Wildman–Crippen LogP) is 1.87. The summed E-state index contributed by atoms with van der Waals surface area (Å²) < 4.78 is 10.5. The van der Waals surface area contributed by atoms with Gasteiger partial charge in [-0.05, 0) is 37.0 Å². The number of amides is 1. The smallest absolute Gasteiger partial charge is 0.326 e. The second-order valence-corrected chi connectivity index (χ2v) is 6.25. The largest absolute Gasteiger partial charge is 0.497 e. The molecule has 3 atom stereocenters. The lowest BCUT2D eigenvalue weighted by atomic mass is 9.92. The number of carboxylic acids is 1. The molecule has 24 heavy (non-hydrogen) atoms. The lowest BCUT2D eigenvalue weighted by Crippen LogP contribution is -2.50. The van der Waals surface area contributed by atoms with Crippen LogP contribution in [0.3, 0.4) is 0 Å². The van der Waals surface area contributed by atoms with Crippen molar-refractivity contribution in [1.29, 1.82) is 0 Å². The van der Waals surface area contributed by atoms with Gasteiger partial charge in [0, 0.05) is 18.4 Å². The molecule has 132 valence electrons. The molecule has 1 heterocycles. The molecule has 2 N–H and O–H groups in total. The third-order valence-electron chi connectivity index (χ3n) is 4.38. The van der Waals surface area contributed by atoms with E-state index in [0.29, 0.717) is 19.6 Å². The quantitative estimate of drug-likeness (QED) is 0.794. The number of aliphatic carboxylic acids is 1. The van der Waals surface area contributed by atoms with Crippen LogP contribution in [-0.4, -0.2) is 43.3 Å². The van der Waals surface area contributed by atoms with Gasteiger partial charge < -0.3 is 19.9 Å². The summed E-state index contributed by atoms with van der Waals surface area (Å²) in [7, 11) is 1.60. The monoisotopic (exact) mass is 335 g/mol. The van der Waals surface area contributed by atoms with Crippen molar-refractivity contribution in [2.24, 2.45) is 11.8 Å². The highest BCUT2D eigenvalue weighted by molar-refractivity contribution is 5.85. The zero-order valence-corrected chi connectivity index (χ0v) is 14.2. The Kier molecular flexibility index (Phi) is 6.61. The number of hydrogen-bond acceptors (Lipinski definition) is 4. The molecule has 1 amide bonds. The Labute approximate surface area is 142 Å². The molecular formula is C18H25NO5. The maximum atomic E-state index is 12.4. The number of ether oxygens (including phenoxy) is 2. The molecule has 0 aromatic heterocycles. The van der Waals surface area contributed by atoms with Crippen LogP contribution >= 0.6 is 0 Å². The molecule has 0 aliphatic carbocycles. The first-order valence-electron chi connectivity index (χ1n) is 8.25. The highest BCUT2D eigenvalue weighted by Crippen LogP contribution is 2.19. The fourth-order valence-corrected chi connectivity index (χ4v) is 2.91. The molecule has 1 aromatic carbocycles. The molecule has 1 aliphatic rings. The minimum absolute atomic E-state index is 0.173. The summed E-state index contributed by atoms with van der Waals surface area (Å²) in [5.41, 5.74) is 1.01. The molecule has 1 aromatic rings. The lowest BCUT2D eigenvalue weighted by Gasteiger charge is -2.28. The molecule has 0 radical (unpaired) electrons. The third-order valence-corrected chi connectivity index (χ3v) is 4.38. The Bertz CT molecular complexity index is 551. The summed E-state index contributed by atoms with van der Waals surface area (Å²) >= 11 is 0. The topological polar surface area (TPSA) is 84.9 Å². The molecule has 1 aliphatic heterocycles. The average Bonchev–Trinajstić information content (AvgIpc) is 2.60. The number of carboxylic acid groups (broad SMARTS) is 1. The zero-order chi connectivity index (χ0) is 17.5. The molecule has 3 unspecified atom stereocenters. The predicted molar refractivity (Wildman–Crippen MR) is 89.0 cm³/mol. The highest BCUT2D eigenvalue weighted by atomic mass is 16.5. The van der Waals surface area contributed by atoms with Gasteiger partial charge in [-0.2, -0.15) is 0 Å². The summed E-state index contributed by atoms with van der Waals surface area (Å²) in [6, 6.07) is 6.62. The van der Waals surface area contributed by atoms with Gasteiger partial charge >= 0.3 is 5.97 Å². The van der Waals surface area contributed by atoms with Crippen molar-refractivity contribution >= 4 is 11.9 Å². The van der Waals surface area contributed by atoms with E-state index in [1.165, 1.54) is 0 Å². The summed E-state index contributed by atoms with van der Waals surface area (Å²) in [6.45, 7) is 2.84. The first-order valence-corrected chi connectivity index (χ1v) is 8.25. The van der Waals surface area contributed by atoms with Gasteiger partial charge in [-0.3, -0.25) is 4.79 Å².